The molecule has 0 aliphatic carbocycles. The fourth-order valence-corrected chi connectivity index (χ4v) is 4.31. The zero-order chi connectivity index (χ0) is 18.9. The molecule has 0 saturated carbocycles. The minimum atomic E-state index is -0.398. The van der Waals surface area contributed by atoms with Gasteiger partial charge in [-0.05, 0) is 22.6 Å². The van der Waals surface area contributed by atoms with Gasteiger partial charge in [-0.15, -0.1) is 0 Å². The summed E-state index contributed by atoms with van der Waals surface area (Å²) < 4.78 is 0. The number of hydrogen-bond donors (Lipinski definition) is 1. The second-order valence-electron chi connectivity index (χ2n) is 7.76. The molecule has 3 unspecified atom stereocenters. The third-order valence-corrected chi connectivity index (χ3v) is 5.73. The molecule has 0 amide bonds. The first-order valence-corrected chi connectivity index (χ1v) is 9.77. The van der Waals surface area contributed by atoms with Crippen molar-refractivity contribution in [2.24, 2.45) is 5.92 Å². The monoisotopic (exact) mass is 357 g/mol. The summed E-state index contributed by atoms with van der Waals surface area (Å²) in [6, 6.07) is 32.2. The van der Waals surface area contributed by atoms with Crippen LogP contribution in [0.15, 0.2) is 91.0 Å². The Morgan fingerprint density at radius 3 is 1.44 bits per heavy atom. The summed E-state index contributed by atoms with van der Waals surface area (Å²) in [5.74, 6) is 0.236. The second kappa shape index (κ2) is 7.30. The zero-order valence-corrected chi connectivity index (χ0v) is 16.0. The molecule has 1 saturated heterocycles. The van der Waals surface area contributed by atoms with Crippen LogP contribution in [0.3, 0.4) is 0 Å². The minimum Gasteiger partial charge on any atom is -0.391 e. The number of benzene rings is 3. The molecule has 1 N–H and O–H groups in total. The first-order chi connectivity index (χ1) is 13.2. The van der Waals surface area contributed by atoms with Crippen LogP contribution in [-0.2, 0) is 5.54 Å². The molecule has 4 rings (SSSR count). The molecule has 2 nitrogen and oxygen atoms in total. The minimum absolute atomic E-state index is 0.158. The Morgan fingerprint density at radius 1 is 0.741 bits per heavy atom. The number of aliphatic hydroxyl groups is 1. The summed E-state index contributed by atoms with van der Waals surface area (Å²) in [5, 5.41) is 10.8. The summed E-state index contributed by atoms with van der Waals surface area (Å²) >= 11 is 0. The van der Waals surface area contributed by atoms with Gasteiger partial charge >= 0.3 is 0 Å². The average molecular weight is 357 g/mol. The third-order valence-electron chi connectivity index (χ3n) is 5.73. The van der Waals surface area contributed by atoms with Gasteiger partial charge in [-0.25, -0.2) is 0 Å². The van der Waals surface area contributed by atoms with E-state index in [2.05, 4.69) is 110 Å². The molecule has 0 aromatic heterocycles. The molecule has 138 valence electrons. The largest absolute Gasteiger partial charge is 0.391 e. The van der Waals surface area contributed by atoms with Gasteiger partial charge in [0.1, 0.15) is 0 Å². The normalized spacial score (nSPS) is 20.4. The highest BCUT2D eigenvalue weighted by molar-refractivity contribution is 5.51. The van der Waals surface area contributed by atoms with Crippen molar-refractivity contribution in [1.29, 1.82) is 0 Å². The molecular weight excluding hydrogens is 330 g/mol. The Hall–Kier alpha value is -2.42. The Bertz CT molecular complexity index is 764. The first kappa shape index (κ1) is 18.0. The molecule has 1 heterocycles. The molecule has 0 bridgehead atoms. The van der Waals surface area contributed by atoms with Gasteiger partial charge in [-0.3, -0.25) is 4.90 Å². The molecule has 3 atom stereocenters. The first-order valence-electron chi connectivity index (χ1n) is 9.77. The van der Waals surface area contributed by atoms with E-state index in [1.165, 1.54) is 16.7 Å². The fraction of sp³-hybridized carbons (Fsp3) is 0.280. The summed E-state index contributed by atoms with van der Waals surface area (Å²) in [6.07, 6.45) is -0.333. The molecule has 3 aromatic carbocycles. The van der Waals surface area contributed by atoms with Gasteiger partial charge in [0.2, 0.25) is 0 Å². The topological polar surface area (TPSA) is 23.2 Å². The predicted molar refractivity (Wildman–Crippen MR) is 111 cm³/mol. The van der Waals surface area contributed by atoms with Crippen LogP contribution < -0.4 is 0 Å². The lowest BCUT2D eigenvalue weighted by Gasteiger charge is -2.39. The molecular formula is C25H27NO. The van der Waals surface area contributed by atoms with E-state index >= 15 is 0 Å². The number of rotatable bonds is 6. The zero-order valence-electron chi connectivity index (χ0n) is 16.0. The average Bonchev–Trinajstić information content (AvgIpc) is 3.51. The molecule has 1 aliphatic rings. The van der Waals surface area contributed by atoms with Crippen molar-refractivity contribution in [3.63, 3.8) is 0 Å². The van der Waals surface area contributed by atoms with Crippen LogP contribution in [-0.4, -0.2) is 28.7 Å². The lowest BCUT2D eigenvalue weighted by molar-refractivity contribution is 0.0982. The number of aliphatic hydroxyl groups excluding tert-OH is 1. The third kappa shape index (κ3) is 3.09. The van der Waals surface area contributed by atoms with Crippen molar-refractivity contribution in [1.82, 2.24) is 4.90 Å². The van der Waals surface area contributed by atoms with Crippen molar-refractivity contribution >= 4 is 0 Å². The maximum Gasteiger partial charge on any atom is 0.0977 e. The standard InChI is InChI=1S/C25H27NO/c1-19(2)24(27)23-18-26(23)25(20-12-6-3-7-13-20,21-14-8-4-9-15-21)22-16-10-5-11-17-22/h3-17,19,23-24,27H,18H2,1-2H3. The van der Waals surface area contributed by atoms with Crippen LogP contribution in [0.1, 0.15) is 30.5 Å². The van der Waals surface area contributed by atoms with Gasteiger partial charge in [0.15, 0.2) is 0 Å². The quantitative estimate of drug-likeness (QED) is 0.511. The number of nitrogens with zero attached hydrogens (tertiary/aromatic N) is 1. The lowest BCUT2D eigenvalue weighted by atomic mass is 9.76. The summed E-state index contributed by atoms with van der Waals surface area (Å²) in [6.45, 7) is 5.07. The highest BCUT2D eigenvalue weighted by atomic mass is 16.3. The molecule has 3 aromatic rings. The molecule has 0 radical (unpaired) electrons. The second-order valence-corrected chi connectivity index (χ2v) is 7.76. The van der Waals surface area contributed by atoms with Gasteiger partial charge in [-0.1, -0.05) is 105 Å². The van der Waals surface area contributed by atoms with Crippen molar-refractivity contribution in [3.05, 3.63) is 108 Å². The van der Waals surface area contributed by atoms with Gasteiger partial charge in [0.25, 0.3) is 0 Å². The molecule has 2 heteroatoms. The summed E-state index contributed by atoms with van der Waals surface area (Å²) in [7, 11) is 0. The maximum absolute atomic E-state index is 10.8. The fourth-order valence-electron chi connectivity index (χ4n) is 4.31. The molecule has 27 heavy (non-hydrogen) atoms. The van der Waals surface area contributed by atoms with E-state index < -0.39 is 5.54 Å². The molecule has 1 aliphatic heterocycles. The van der Waals surface area contributed by atoms with E-state index in [4.69, 9.17) is 0 Å². The predicted octanol–water partition coefficient (Wildman–Crippen LogP) is 4.68. The maximum atomic E-state index is 10.8. The molecule has 1 fully saturated rings. The van der Waals surface area contributed by atoms with E-state index in [9.17, 15) is 5.11 Å². The highest BCUT2D eigenvalue weighted by Gasteiger charge is 2.55. The lowest BCUT2D eigenvalue weighted by Crippen LogP contribution is -2.41. The van der Waals surface area contributed by atoms with Crippen molar-refractivity contribution in [2.75, 3.05) is 6.54 Å². The van der Waals surface area contributed by atoms with Gasteiger partial charge < -0.3 is 5.11 Å². The Morgan fingerprint density at radius 2 is 1.11 bits per heavy atom. The van der Waals surface area contributed by atoms with Crippen molar-refractivity contribution in [3.8, 4) is 0 Å². The van der Waals surface area contributed by atoms with E-state index in [-0.39, 0.29) is 18.1 Å². The van der Waals surface area contributed by atoms with Crippen LogP contribution in [0.5, 0.6) is 0 Å². The van der Waals surface area contributed by atoms with Gasteiger partial charge in [0, 0.05) is 6.54 Å². The Kier molecular flexibility index (Phi) is 4.86. The summed E-state index contributed by atoms with van der Waals surface area (Å²) in [5.41, 5.74) is 3.31. The van der Waals surface area contributed by atoms with Crippen molar-refractivity contribution in [2.45, 2.75) is 31.5 Å². The van der Waals surface area contributed by atoms with Crippen LogP contribution in [0.4, 0.5) is 0 Å². The Labute approximate surface area is 162 Å². The SMILES string of the molecule is CC(C)C(O)C1CN1C(c1ccccc1)(c1ccccc1)c1ccccc1. The van der Waals surface area contributed by atoms with Crippen molar-refractivity contribution < 1.29 is 5.11 Å². The van der Waals surface area contributed by atoms with Gasteiger partial charge in [-0.2, -0.15) is 0 Å². The van der Waals surface area contributed by atoms with Crippen LogP contribution >= 0.6 is 0 Å². The van der Waals surface area contributed by atoms with E-state index in [0.29, 0.717) is 0 Å². The Balaban J connectivity index is 1.94. The summed E-state index contributed by atoms with van der Waals surface area (Å²) in [4.78, 5) is 2.46. The highest BCUT2D eigenvalue weighted by Crippen LogP contribution is 2.49. The van der Waals surface area contributed by atoms with Gasteiger partial charge in [0.05, 0.1) is 17.7 Å². The van der Waals surface area contributed by atoms with E-state index in [1.54, 1.807) is 0 Å². The van der Waals surface area contributed by atoms with Crippen LogP contribution in [0, 0.1) is 5.92 Å². The van der Waals surface area contributed by atoms with Crippen LogP contribution in [0.2, 0.25) is 0 Å². The van der Waals surface area contributed by atoms with E-state index in [1.807, 2.05) is 0 Å². The molecule has 0 spiro atoms. The van der Waals surface area contributed by atoms with Crippen LogP contribution in [0.25, 0.3) is 0 Å². The smallest absolute Gasteiger partial charge is 0.0977 e. The number of hydrogen-bond acceptors (Lipinski definition) is 2. The van der Waals surface area contributed by atoms with E-state index in [0.717, 1.165) is 6.54 Å².